The molecule has 0 amide bonds. The molecular formula is C14H16BrClFN3. The third kappa shape index (κ3) is 3.22. The molecule has 2 N–H and O–H groups in total. The molecule has 108 valence electrons. The lowest BCUT2D eigenvalue weighted by atomic mass is 10.0. The minimum atomic E-state index is -0.334. The second-order valence-corrected chi connectivity index (χ2v) is 5.99. The van der Waals surface area contributed by atoms with Crippen LogP contribution in [0.1, 0.15) is 29.9 Å². The van der Waals surface area contributed by atoms with Crippen molar-refractivity contribution < 1.29 is 4.39 Å². The molecule has 2 rings (SSSR count). The molecule has 0 bridgehead atoms. The van der Waals surface area contributed by atoms with Gasteiger partial charge in [0.15, 0.2) is 0 Å². The molecule has 1 unspecified atom stereocenters. The average molecular weight is 361 g/mol. The Morgan fingerprint density at radius 1 is 1.45 bits per heavy atom. The molecule has 1 heterocycles. The van der Waals surface area contributed by atoms with E-state index in [9.17, 15) is 4.39 Å². The van der Waals surface area contributed by atoms with Crippen LogP contribution in [0.5, 0.6) is 0 Å². The van der Waals surface area contributed by atoms with Crippen molar-refractivity contribution in [2.24, 2.45) is 12.8 Å². The molecular weight excluding hydrogens is 345 g/mol. The van der Waals surface area contributed by atoms with Crippen molar-refractivity contribution in [3.8, 4) is 0 Å². The van der Waals surface area contributed by atoms with Crippen LogP contribution in [0.15, 0.2) is 22.7 Å². The molecule has 6 heteroatoms. The Bertz CT molecular complexity index is 607. The van der Waals surface area contributed by atoms with E-state index in [4.69, 9.17) is 17.3 Å². The van der Waals surface area contributed by atoms with Gasteiger partial charge >= 0.3 is 0 Å². The Morgan fingerprint density at radius 2 is 2.15 bits per heavy atom. The van der Waals surface area contributed by atoms with Crippen LogP contribution in [0.3, 0.4) is 0 Å². The highest BCUT2D eigenvalue weighted by molar-refractivity contribution is 9.10. The third-order valence-electron chi connectivity index (χ3n) is 3.23. The molecule has 0 spiro atoms. The predicted molar refractivity (Wildman–Crippen MR) is 82.3 cm³/mol. The van der Waals surface area contributed by atoms with Crippen molar-refractivity contribution in [3.63, 3.8) is 0 Å². The minimum Gasteiger partial charge on any atom is -0.324 e. The van der Waals surface area contributed by atoms with Crippen molar-refractivity contribution in [1.82, 2.24) is 9.78 Å². The Morgan fingerprint density at radius 3 is 2.70 bits per heavy atom. The number of nitrogens with zero attached hydrogens (tertiary/aromatic N) is 2. The number of halogens is 3. The van der Waals surface area contributed by atoms with E-state index in [0.29, 0.717) is 15.9 Å². The smallest absolute Gasteiger partial charge is 0.124 e. The summed E-state index contributed by atoms with van der Waals surface area (Å²) in [5.74, 6) is -0.310. The standard InChI is InChI=1S/C14H16BrClFN3/c1-3-12-14(16)13(20(2)19-12)7-11(18)8-4-9(15)6-10(17)5-8/h4-6,11H,3,7,18H2,1-2H3. The highest BCUT2D eigenvalue weighted by Gasteiger charge is 2.17. The Hall–Kier alpha value is -0.910. The fourth-order valence-corrected chi connectivity index (χ4v) is 3.01. The molecule has 1 aromatic carbocycles. The van der Waals surface area contributed by atoms with Gasteiger partial charge < -0.3 is 5.73 Å². The van der Waals surface area contributed by atoms with E-state index in [1.54, 1.807) is 4.68 Å². The molecule has 0 aliphatic heterocycles. The van der Waals surface area contributed by atoms with E-state index >= 15 is 0 Å². The second kappa shape index (κ2) is 6.24. The molecule has 20 heavy (non-hydrogen) atoms. The van der Waals surface area contributed by atoms with Crippen LogP contribution in [0, 0.1) is 5.82 Å². The third-order valence-corrected chi connectivity index (χ3v) is 4.12. The molecule has 0 aliphatic carbocycles. The summed E-state index contributed by atoms with van der Waals surface area (Å²) in [4.78, 5) is 0. The van der Waals surface area contributed by atoms with Crippen molar-refractivity contribution in [2.45, 2.75) is 25.8 Å². The van der Waals surface area contributed by atoms with Crippen molar-refractivity contribution in [2.75, 3.05) is 0 Å². The number of aromatic nitrogens is 2. The Balaban J connectivity index is 2.27. The van der Waals surface area contributed by atoms with Gasteiger partial charge in [-0.3, -0.25) is 4.68 Å². The number of hydrogen-bond donors (Lipinski definition) is 1. The lowest BCUT2D eigenvalue weighted by Crippen LogP contribution is -2.16. The number of aryl methyl sites for hydroxylation is 2. The summed E-state index contributed by atoms with van der Waals surface area (Å²) >= 11 is 9.57. The molecule has 2 aromatic rings. The molecule has 3 nitrogen and oxygen atoms in total. The van der Waals surface area contributed by atoms with Gasteiger partial charge in [0.25, 0.3) is 0 Å². The van der Waals surface area contributed by atoms with Crippen LogP contribution >= 0.6 is 27.5 Å². The molecule has 0 saturated heterocycles. The van der Waals surface area contributed by atoms with Crippen molar-refractivity contribution >= 4 is 27.5 Å². The maximum Gasteiger partial charge on any atom is 0.124 e. The Labute approximate surface area is 131 Å². The quantitative estimate of drug-likeness (QED) is 0.902. The van der Waals surface area contributed by atoms with E-state index in [1.165, 1.54) is 12.1 Å². The average Bonchev–Trinajstić information content (AvgIpc) is 2.65. The number of hydrogen-bond acceptors (Lipinski definition) is 2. The van der Waals surface area contributed by atoms with Crippen LogP contribution in [-0.2, 0) is 19.9 Å². The van der Waals surface area contributed by atoms with Gasteiger partial charge in [-0.15, -0.1) is 0 Å². The molecule has 1 atom stereocenters. The first-order valence-corrected chi connectivity index (χ1v) is 7.51. The zero-order chi connectivity index (χ0) is 14.9. The van der Waals surface area contributed by atoms with Gasteiger partial charge in [-0.05, 0) is 30.2 Å². The van der Waals surface area contributed by atoms with Crippen molar-refractivity contribution in [3.05, 3.63) is 50.5 Å². The van der Waals surface area contributed by atoms with Gasteiger partial charge in [0.2, 0.25) is 0 Å². The van der Waals surface area contributed by atoms with E-state index in [2.05, 4.69) is 21.0 Å². The lowest BCUT2D eigenvalue weighted by molar-refractivity contribution is 0.609. The van der Waals surface area contributed by atoms with E-state index in [1.807, 2.05) is 20.0 Å². The van der Waals surface area contributed by atoms with E-state index in [-0.39, 0.29) is 11.9 Å². The van der Waals surface area contributed by atoms with Gasteiger partial charge in [0, 0.05) is 24.0 Å². The summed E-state index contributed by atoms with van der Waals surface area (Å²) in [7, 11) is 1.84. The lowest BCUT2D eigenvalue weighted by Gasteiger charge is -2.13. The zero-order valence-electron chi connectivity index (χ0n) is 11.3. The van der Waals surface area contributed by atoms with Crippen LogP contribution in [-0.4, -0.2) is 9.78 Å². The van der Waals surface area contributed by atoms with Gasteiger partial charge in [-0.25, -0.2) is 4.39 Å². The minimum absolute atomic E-state index is 0.310. The van der Waals surface area contributed by atoms with Gasteiger partial charge in [-0.2, -0.15) is 5.10 Å². The zero-order valence-corrected chi connectivity index (χ0v) is 13.7. The summed E-state index contributed by atoms with van der Waals surface area (Å²) in [5.41, 5.74) is 8.62. The molecule has 0 aliphatic rings. The normalized spacial score (nSPS) is 12.7. The first-order valence-electron chi connectivity index (χ1n) is 6.34. The monoisotopic (exact) mass is 359 g/mol. The number of nitrogens with two attached hydrogens (primary N) is 1. The van der Waals surface area contributed by atoms with Crippen LogP contribution in [0.25, 0.3) is 0 Å². The van der Waals surface area contributed by atoms with Gasteiger partial charge in [-0.1, -0.05) is 34.5 Å². The SMILES string of the molecule is CCc1nn(C)c(CC(N)c2cc(F)cc(Br)c2)c1Cl. The predicted octanol–water partition coefficient (Wildman–Crippen LogP) is 3.78. The largest absolute Gasteiger partial charge is 0.324 e. The highest BCUT2D eigenvalue weighted by atomic mass is 79.9. The van der Waals surface area contributed by atoms with Crippen LogP contribution in [0.2, 0.25) is 5.02 Å². The molecule has 0 saturated carbocycles. The highest BCUT2D eigenvalue weighted by Crippen LogP contribution is 2.26. The Kier molecular flexibility index (Phi) is 4.83. The molecule has 0 fully saturated rings. The van der Waals surface area contributed by atoms with E-state index in [0.717, 1.165) is 23.4 Å². The second-order valence-electron chi connectivity index (χ2n) is 4.70. The topological polar surface area (TPSA) is 43.8 Å². The summed E-state index contributed by atoms with van der Waals surface area (Å²) < 4.78 is 15.8. The maximum atomic E-state index is 13.4. The summed E-state index contributed by atoms with van der Waals surface area (Å²) in [6.07, 6.45) is 1.28. The molecule has 1 aromatic heterocycles. The summed E-state index contributed by atoms with van der Waals surface area (Å²) in [6.45, 7) is 2.00. The van der Waals surface area contributed by atoms with Crippen molar-refractivity contribution in [1.29, 1.82) is 0 Å². The van der Waals surface area contributed by atoms with Gasteiger partial charge in [0.05, 0.1) is 16.4 Å². The number of rotatable bonds is 4. The molecule has 0 radical (unpaired) electrons. The summed E-state index contributed by atoms with van der Waals surface area (Å²) in [5, 5.41) is 5.01. The first-order chi connectivity index (χ1) is 9.42. The maximum absolute atomic E-state index is 13.4. The fourth-order valence-electron chi connectivity index (χ4n) is 2.16. The summed E-state index contributed by atoms with van der Waals surface area (Å²) in [6, 6.07) is 4.33. The van der Waals surface area contributed by atoms with Crippen LogP contribution in [0.4, 0.5) is 4.39 Å². The fraction of sp³-hybridized carbons (Fsp3) is 0.357. The first kappa shape index (κ1) is 15.5. The number of benzene rings is 1. The van der Waals surface area contributed by atoms with Gasteiger partial charge in [0.1, 0.15) is 5.82 Å². The van der Waals surface area contributed by atoms with E-state index < -0.39 is 0 Å². The van der Waals surface area contributed by atoms with Crippen LogP contribution < -0.4 is 5.73 Å².